The number of likely N-dealkylation sites (tertiary alicyclic amines) is 1. The number of rotatable bonds is 4. The number of urea groups is 1. The molecule has 0 bridgehead atoms. The molecule has 2 aliphatic heterocycles. The molecule has 1 aromatic heterocycles. The van der Waals surface area contributed by atoms with Gasteiger partial charge in [-0.25, -0.2) is 13.9 Å². The van der Waals surface area contributed by atoms with Gasteiger partial charge in [-0.1, -0.05) is 13.3 Å². The molecule has 2 saturated heterocycles. The number of halogens is 1. The zero-order valence-corrected chi connectivity index (χ0v) is 15.6. The van der Waals surface area contributed by atoms with Gasteiger partial charge in [0.2, 0.25) is 0 Å². The Morgan fingerprint density at radius 1 is 1.33 bits per heavy atom. The topological polar surface area (TPSA) is 59.4 Å². The van der Waals surface area contributed by atoms with Crippen molar-refractivity contribution in [3.05, 3.63) is 42.0 Å². The summed E-state index contributed by atoms with van der Waals surface area (Å²) in [5, 5.41) is 7.46. The molecule has 0 unspecified atom stereocenters. The number of nitrogens with one attached hydrogen (secondary N) is 1. The van der Waals surface area contributed by atoms with Gasteiger partial charge in [-0.2, -0.15) is 5.10 Å². The van der Waals surface area contributed by atoms with Crippen molar-refractivity contribution < 1.29 is 13.9 Å². The van der Waals surface area contributed by atoms with Gasteiger partial charge in [-0.3, -0.25) is 0 Å². The van der Waals surface area contributed by atoms with E-state index in [4.69, 9.17) is 4.74 Å². The van der Waals surface area contributed by atoms with Gasteiger partial charge in [-0.15, -0.1) is 0 Å². The molecule has 0 aliphatic carbocycles. The van der Waals surface area contributed by atoms with E-state index in [2.05, 4.69) is 17.3 Å². The van der Waals surface area contributed by atoms with E-state index in [0.29, 0.717) is 0 Å². The summed E-state index contributed by atoms with van der Waals surface area (Å²) in [4.78, 5) is 14.7. The Bertz CT molecular complexity index is 812. The standard InChI is InChI=1S/C20H25FN4O2/c1-2-3-18-17(12-22-25(18)16-6-4-15(21)5-7-16)23-19(26)24-10-8-20(13-24)9-11-27-14-20/h4-7,12H,2-3,8-11,13-14H2,1H3,(H,23,26)/t20-/m1/s1. The largest absolute Gasteiger partial charge is 0.381 e. The van der Waals surface area contributed by atoms with Gasteiger partial charge in [-0.05, 0) is 43.5 Å². The summed E-state index contributed by atoms with van der Waals surface area (Å²) in [6, 6.07) is 6.13. The smallest absolute Gasteiger partial charge is 0.321 e. The molecular weight excluding hydrogens is 347 g/mol. The molecule has 1 spiro atoms. The summed E-state index contributed by atoms with van der Waals surface area (Å²) in [5.41, 5.74) is 2.57. The molecule has 3 heterocycles. The quantitative estimate of drug-likeness (QED) is 0.892. The normalized spacial score (nSPS) is 21.9. The predicted molar refractivity (Wildman–Crippen MR) is 101 cm³/mol. The van der Waals surface area contributed by atoms with E-state index in [-0.39, 0.29) is 17.3 Å². The maximum absolute atomic E-state index is 13.2. The summed E-state index contributed by atoms with van der Waals surface area (Å²) in [6.07, 6.45) is 5.39. The maximum Gasteiger partial charge on any atom is 0.321 e. The van der Waals surface area contributed by atoms with Crippen molar-refractivity contribution >= 4 is 11.7 Å². The van der Waals surface area contributed by atoms with Crippen LogP contribution in [0.4, 0.5) is 14.9 Å². The van der Waals surface area contributed by atoms with Crippen molar-refractivity contribution in [1.82, 2.24) is 14.7 Å². The Morgan fingerprint density at radius 3 is 2.85 bits per heavy atom. The first-order valence-electron chi connectivity index (χ1n) is 9.57. The number of hydrogen-bond acceptors (Lipinski definition) is 3. The molecule has 1 aromatic carbocycles. The van der Waals surface area contributed by atoms with Crippen LogP contribution in [0, 0.1) is 11.2 Å². The van der Waals surface area contributed by atoms with E-state index >= 15 is 0 Å². The minimum atomic E-state index is -0.282. The summed E-state index contributed by atoms with van der Waals surface area (Å²) >= 11 is 0. The van der Waals surface area contributed by atoms with Gasteiger partial charge in [0, 0.05) is 25.1 Å². The second kappa shape index (κ2) is 7.31. The molecule has 2 fully saturated rings. The first kappa shape index (κ1) is 18.0. The molecule has 7 heteroatoms. The number of amides is 2. The van der Waals surface area contributed by atoms with Crippen LogP contribution < -0.4 is 5.32 Å². The highest BCUT2D eigenvalue weighted by atomic mass is 19.1. The third-order valence-electron chi connectivity index (χ3n) is 5.58. The van der Waals surface area contributed by atoms with Crippen LogP contribution in [0.1, 0.15) is 31.9 Å². The van der Waals surface area contributed by atoms with Gasteiger partial charge in [0.1, 0.15) is 5.82 Å². The maximum atomic E-state index is 13.2. The second-order valence-electron chi connectivity index (χ2n) is 7.55. The molecule has 27 heavy (non-hydrogen) atoms. The Morgan fingerprint density at radius 2 is 2.15 bits per heavy atom. The highest BCUT2D eigenvalue weighted by Crippen LogP contribution is 2.38. The second-order valence-corrected chi connectivity index (χ2v) is 7.55. The Hall–Kier alpha value is -2.41. The van der Waals surface area contributed by atoms with Gasteiger partial charge in [0.25, 0.3) is 0 Å². The van der Waals surface area contributed by atoms with Crippen LogP contribution in [0.3, 0.4) is 0 Å². The van der Waals surface area contributed by atoms with E-state index in [9.17, 15) is 9.18 Å². The SMILES string of the molecule is CCCc1c(NC(=O)N2CC[C@@]3(CCOC3)C2)cnn1-c1ccc(F)cc1. The number of carbonyl (C=O) groups excluding carboxylic acids is 1. The van der Waals surface area contributed by atoms with E-state index in [0.717, 1.165) is 69.1 Å². The van der Waals surface area contributed by atoms with E-state index in [1.165, 1.54) is 12.1 Å². The first-order valence-corrected chi connectivity index (χ1v) is 9.57. The van der Waals surface area contributed by atoms with Crippen LogP contribution in [-0.2, 0) is 11.2 Å². The molecule has 2 aliphatic rings. The number of aromatic nitrogens is 2. The van der Waals surface area contributed by atoms with Crippen LogP contribution in [0.25, 0.3) is 5.69 Å². The number of benzene rings is 1. The molecule has 4 rings (SSSR count). The molecule has 2 amide bonds. The highest BCUT2D eigenvalue weighted by Gasteiger charge is 2.42. The molecule has 0 radical (unpaired) electrons. The van der Waals surface area contributed by atoms with Crippen molar-refractivity contribution in [2.24, 2.45) is 5.41 Å². The van der Waals surface area contributed by atoms with Crippen LogP contribution in [-0.4, -0.2) is 47.0 Å². The van der Waals surface area contributed by atoms with E-state index < -0.39 is 0 Å². The summed E-state index contributed by atoms with van der Waals surface area (Å²) in [5.74, 6) is -0.282. The van der Waals surface area contributed by atoms with Crippen molar-refractivity contribution in [3.8, 4) is 5.69 Å². The molecule has 1 N–H and O–H groups in total. The third kappa shape index (κ3) is 3.56. The number of nitrogens with zero attached hydrogens (tertiary/aromatic N) is 3. The summed E-state index contributed by atoms with van der Waals surface area (Å²) in [7, 11) is 0. The Balaban J connectivity index is 1.51. The fraction of sp³-hybridized carbons (Fsp3) is 0.500. The van der Waals surface area contributed by atoms with E-state index in [1.807, 2.05) is 4.90 Å². The molecule has 2 aromatic rings. The predicted octanol–water partition coefficient (Wildman–Crippen LogP) is 3.61. The number of ether oxygens (including phenoxy) is 1. The minimum absolute atomic E-state index is 0.0882. The first-order chi connectivity index (χ1) is 13.1. The zero-order valence-electron chi connectivity index (χ0n) is 15.6. The van der Waals surface area contributed by atoms with Crippen molar-refractivity contribution in [2.75, 3.05) is 31.6 Å². The van der Waals surface area contributed by atoms with Crippen LogP contribution in [0.5, 0.6) is 0 Å². The number of hydrogen-bond donors (Lipinski definition) is 1. The molecule has 6 nitrogen and oxygen atoms in total. The molecule has 0 saturated carbocycles. The highest BCUT2D eigenvalue weighted by molar-refractivity contribution is 5.90. The monoisotopic (exact) mass is 372 g/mol. The lowest BCUT2D eigenvalue weighted by atomic mass is 9.87. The Labute approximate surface area is 158 Å². The number of anilines is 1. The van der Waals surface area contributed by atoms with Crippen LogP contribution in [0.15, 0.2) is 30.5 Å². The van der Waals surface area contributed by atoms with Crippen molar-refractivity contribution in [1.29, 1.82) is 0 Å². The van der Waals surface area contributed by atoms with Gasteiger partial charge in [0.15, 0.2) is 0 Å². The molecular formula is C20H25FN4O2. The fourth-order valence-corrected chi connectivity index (χ4v) is 4.03. The average molecular weight is 372 g/mol. The fourth-order valence-electron chi connectivity index (χ4n) is 4.03. The lowest BCUT2D eigenvalue weighted by molar-refractivity contribution is 0.154. The van der Waals surface area contributed by atoms with Crippen LogP contribution in [0.2, 0.25) is 0 Å². The van der Waals surface area contributed by atoms with Gasteiger partial charge >= 0.3 is 6.03 Å². The van der Waals surface area contributed by atoms with Gasteiger partial charge in [0.05, 0.1) is 29.9 Å². The Kier molecular flexibility index (Phi) is 4.86. The number of carbonyl (C=O) groups is 1. The van der Waals surface area contributed by atoms with E-state index in [1.54, 1.807) is 23.0 Å². The van der Waals surface area contributed by atoms with Crippen molar-refractivity contribution in [3.63, 3.8) is 0 Å². The molecule has 144 valence electrons. The zero-order chi connectivity index (χ0) is 18.9. The lowest BCUT2D eigenvalue weighted by Crippen LogP contribution is -2.35. The molecule has 1 atom stereocenters. The third-order valence-corrected chi connectivity index (χ3v) is 5.58. The summed E-state index contributed by atoms with van der Waals surface area (Å²) in [6.45, 7) is 5.12. The van der Waals surface area contributed by atoms with Crippen molar-refractivity contribution in [2.45, 2.75) is 32.6 Å². The minimum Gasteiger partial charge on any atom is -0.381 e. The van der Waals surface area contributed by atoms with Crippen LogP contribution >= 0.6 is 0 Å². The average Bonchev–Trinajstić information content (AvgIpc) is 3.39. The summed E-state index contributed by atoms with van der Waals surface area (Å²) < 4.78 is 20.5. The lowest BCUT2D eigenvalue weighted by Gasteiger charge is -2.22. The van der Waals surface area contributed by atoms with Gasteiger partial charge < -0.3 is 15.0 Å².